The second-order valence-corrected chi connectivity index (χ2v) is 34.3. The lowest BCUT2D eigenvalue weighted by molar-refractivity contribution is 1.17. The highest BCUT2D eigenvalue weighted by Crippen LogP contribution is 2.48. The van der Waals surface area contributed by atoms with E-state index >= 15 is 0 Å². The van der Waals surface area contributed by atoms with Gasteiger partial charge in [-0.05, 0) is 171 Å². The molecule has 0 spiro atoms. The van der Waals surface area contributed by atoms with Gasteiger partial charge in [-0.3, -0.25) is 0 Å². The molecule has 114 heavy (non-hydrogen) atoms. The maximum absolute atomic E-state index is 2.44. The molecular formula is C106H72N4S4. The van der Waals surface area contributed by atoms with E-state index in [-0.39, 0.29) is 0 Å². The summed E-state index contributed by atoms with van der Waals surface area (Å²) in [4.78, 5) is 0. The molecule has 8 heteroatoms. The average Bonchev–Trinajstić information content (AvgIpc) is 1.60. The molecule has 0 aliphatic heterocycles. The Morgan fingerprint density at radius 2 is 0.526 bits per heavy atom. The van der Waals surface area contributed by atoms with E-state index in [2.05, 4.69) is 410 Å². The molecule has 0 aliphatic carbocycles. The summed E-state index contributed by atoms with van der Waals surface area (Å²) in [6.45, 7) is 8.59. The van der Waals surface area contributed by atoms with Gasteiger partial charge >= 0.3 is 0 Å². The van der Waals surface area contributed by atoms with Crippen molar-refractivity contribution in [2.45, 2.75) is 27.7 Å². The lowest BCUT2D eigenvalue weighted by atomic mass is 10.0. The van der Waals surface area contributed by atoms with Gasteiger partial charge in [0.25, 0.3) is 0 Å². The number of nitrogens with zero attached hydrogens (tertiary/aromatic N) is 4. The molecule has 0 atom stereocenters. The molecule has 0 N–H and O–H groups in total. The van der Waals surface area contributed by atoms with Crippen LogP contribution in [0.3, 0.4) is 0 Å². The number of rotatable bonds is 5. The van der Waals surface area contributed by atoms with Crippen LogP contribution >= 0.6 is 45.3 Å². The van der Waals surface area contributed by atoms with Crippen LogP contribution in [0.5, 0.6) is 0 Å². The zero-order chi connectivity index (χ0) is 75.8. The highest BCUT2D eigenvalue weighted by Gasteiger charge is 2.22. The molecule has 0 fully saturated rings. The van der Waals surface area contributed by atoms with Gasteiger partial charge in [0.2, 0.25) is 0 Å². The van der Waals surface area contributed by atoms with Crippen molar-refractivity contribution in [1.82, 2.24) is 18.3 Å². The summed E-state index contributed by atoms with van der Waals surface area (Å²) in [5.74, 6) is 0. The van der Waals surface area contributed by atoms with Crippen molar-refractivity contribution >= 4 is 213 Å². The minimum atomic E-state index is 1.21. The number of aryl methyl sites for hydroxylation is 4. The first-order valence-electron chi connectivity index (χ1n) is 38.9. The van der Waals surface area contributed by atoms with Crippen molar-refractivity contribution in [3.8, 4) is 33.9 Å². The fraction of sp³-hybridized carbons (Fsp3) is 0.0377. The van der Waals surface area contributed by atoms with Crippen molar-refractivity contribution < 1.29 is 0 Å². The zero-order valence-electron chi connectivity index (χ0n) is 63.1. The number of benzene rings is 17. The molecule has 0 aliphatic rings. The number of aromatic nitrogens is 4. The fourth-order valence-electron chi connectivity index (χ4n) is 17.8. The molecule has 0 bridgehead atoms. The summed E-state index contributed by atoms with van der Waals surface area (Å²) in [6, 6.07) is 133. The van der Waals surface area contributed by atoms with Crippen LogP contribution in [0.25, 0.3) is 202 Å². The summed E-state index contributed by atoms with van der Waals surface area (Å²) in [5, 5.41) is 21.3. The van der Waals surface area contributed by atoms with Crippen LogP contribution in [-0.2, 0) is 0 Å². The first-order chi connectivity index (χ1) is 56.2. The smallest absolute Gasteiger partial charge is 0.0719 e. The summed E-state index contributed by atoms with van der Waals surface area (Å²) < 4.78 is 20.5. The van der Waals surface area contributed by atoms with Crippen molar-refractivity contribution in [2.75, 3.05) is 0 Å². The molecular weight excluding hydrogens is 1460 g/mol. The fourth-order valence-corrected chi connectivity index (χ4v) is 22.6. The normalized spacial score (nSPS) is 11.9. The van der Waals surface area contributed by atoms with E-state index < -0.39 is 0 Å². The van der Waals surface area contributed by atoms with Crippen LogP contribution in [0.4, 0.5) is 0 Å². The molecule has 4 nitrogen and oxygen atoms in total. The molecule has 0 saturated heterocycles. The predicted molar refractivity (Wildman–Crippen MR) is 499 cm³/mol. The number of hydrogen-bond donors (Lipinski definition) is 0. The second-order valence-electron chi connectivity index (χ2n) is 30.1. The Labute approximate surface area is 674 Å². The van der Waals surface area contributed by atoms with Gasteiger partial charge in [-0.2, -0.15) is 0 Å². The molecule has 17 aromatic carbocycles. The Morgan fingerprint density at radius 3 is 1.03 bits per heavy atom. The molecule has 25 aromatic rings. The number of fused-ring (bicyclic) bond motifs is 26. The van der Waals surface area contributed by atoms with Gasteiger partial charge in [-0.1, -0.05) is 254 Å². The predicted octanol–water partition coefficient (Wildman–Crippen LogP) is 31.5. The standard InChI is InChI=1S/C31H21NS.3C25H17NS/c1-20-8-6-9-22(18-20)32-28-14-4-2-10-24(28)27-19-21(16-17-29(27)32)23-12-7-13-26-25-11-3-5-15-30(25)33-31(23)26;1-16-7-6-8-17(15-16)26-22-11-4-2-9-18(22)20-13-14-21-19-10-3-5-12-23(19)27-25(21)24(20)26;1-16-10-12-17(13-11-16)26-22-8-4-2-6-18(22)20-15-25-21(14-23(20)26)19-7-3-5-9-24(19)27-25;1-16-10-12-17(13-11-16)26-22-8-4-2-6-18(22)20-14-15-21-19-7-3-5-9-23(19)27-25(21)24(20)26/h2-19H,1H3;3*2-15H,1H3. The maximum atomic E-state index is 2.44. The number of hydrogen-bond acceptors (Lipinski definition) is 4. The number of thiophene rings is 4. The molecule has 8 heterocycles. The highest BCUT2D eigenvalue weighted by atomic mass is 32.1. The van der Waals surface area contributed by atoms with E-state index in [9.17, 15) is 0 Å². The molecule has 0 amide bonds. The van der Waals surface area contributed by atoms with Crippen molar-refractivity contribution in [2.24, 2.45) is 0 Å². The Kier molecular flexibility index (Phi) is 16.2. The number of para-hydroxylation sites is 4. The second kappa shape index (κ2) is 27.3. The Balaban J connectivity index is 0.0000000930. The van der Waals surface area contributed by atoms with Crippen LogP contribution in [0, 0.1) is 27.7 Å². The minimum Gasteiger partial charge on any atom is -0.309 e. The van der Waals surface area contributed by atoms with E-state index in [1.807, 2.05) is 45.3 Å². The minimum absolute atomic E-state index is 1.21. The molecule has 0 saturated carbocycles. The zero-order valence-corrected chi connectivity index (χ0v) is 66.3. The Hall–Kier alpha value is -13.2. The first kappa shape index (κ1) is 67.7. The van der Waals surface area contributed by atoms with Gasteiger partial charge in [-0.25, -0.2) is 0 Å². The summed E-state index contributed by atoms with van der Waals surface area (Å²) in [5.41, 5.74) is 22.8. The van der Waals surface area contributed by atoms with Crippen molar-refractivity contribution in [3.05, 3.63) is 386 Å². The average molecular weight is 1530 g/mol. The van der Waals surface area contributed by atoms with Gasteiger partial charge in [-0.15, -0.1) is 45.3 Å². The summed E-state index contributed by atoms with van der Waals surface area (Å²) >= 11 is 7.57. The van der Waals surface area contributed by atoms with Crippen LogP contribution in [0.1, 0.15) is 22.3 Å². The Bertz CT molecular complexity index is 8140. The van der Waals surface area contributed by atoms with Crippen LogP contribution in [-0.4, -0.2) is 18.3 Å². The van der Waals surface area contributed by atoms with Crippen molar-refractivity contribution in [3.63, 3.8) is 0 Å². The lowest BCUT2D eigenvalue weighted by Gasteiger charge is -2.09. The maximum Gasteiger partial charge on any atom is 0.0719 e. The van der Waals surface area contributed by atoms with Gasteiger partial charge in [0.15, 0.2) is 0 Å². The summed E-state index contributed by atoms with van der Waals surface area (Å²) in [6.07, 6.45) is 0. The largest absolute Gasteiger partial charge is 0.309 e. The molecule has 540 valence electrons. The van der Waals surface area contributed by atoms with Crippen LogP contribution in [0.15, 0.2) is 364 Å². The van der Waals surface area contributed by atoms with E-state index in [1.165, 1.54) is 224 Å². The SMILES string of the molecule is Cc1ccc(-n2c3ccccc3c3cc4sc5ccccc5c4cc32)cc1.Cc1ccc(-n2c3ccccc3c3ccc4c5ccccc5sc4c32)cc1.Cc1cccc(-n2c3ccccc3c3cc(-c4cccc5c4sc4ccccc45)ccc32)c1.Cc1cccc(-n2c3ccccc3c3ccc4c5ccccc5sc4c32)c1. The highest BCUT2D eigenvalue weighted by molar-refractivity contribution is 7.27. The lowest BCUT2D eigenvalue weighted by Crippen LogP contribution is -1.94. The Morgan fingerprint density at radius 1 is 0.175 bits per heavy atom. The van der Waals surface area contributed by atoms with Crippen LogP contribution < -0.4 is 0 Å². The summed E-state index contributed by atoms with van der Waals surface area (Å²) in [7, 11) is 0. The van der Waals surface area contributed by atoms with E-state index in [1.54, 1.807) is 0 Å². The third-order valence-electron chi connectivity index (χ3n) is 23.0. The van der Waals surface area contributed by atoms with E-state index in [0.717, 1.165) is 0 Å². The van der Waals surface area contributed by atoms with Gasteiger partial charge in [0.05, 0.1) is 53.5 Å². The molecule has 8 aromatic heterocycles. The van der Waals surface area contributed by atoms with E-state index in [4.69, 9.17) is 0 Å². The first-order valence-corrected chi connectivity index (χ1v) is 42.2. The van der Waals surface area contributed by atoms with Crippen molar-refractivity contribution in [1.29, 1.82) is 0 Å². The van der Waals surface area contributed by atoms with Gasteiger partial charge in [0, 0.05) is 137 Å². The quantitative estimate of drug-likeness (QED) is 0.164. The van der Waals surface area contributed by atoms with Crippen LogP contribution in [0.2, 0.25) is 0 Å². The topological polar surface area (TPSA) is 19.7 Å². The molecule has 0 unspecified atom stereocenters. The van der Waals surface area contributed by atoms with Gasteiger partial charge in [0.1, 0.15) is 0 Å². The third-order valence-corrected chi connectivity index (χ3v) is 27.8. The molecule has 0 radical (unpaired) electrons. The van der Waals surface area contributed by atoms with E-state index in [0.29, 0.717) is 0 Å². The van der Waals surface area contributed by atoms with Gasteiger partial charge < -0.3 is 18.3 Å². The third kappa shape index (κ3) is 11.1. The molecule has 25 rings (SSSR count). The monoisotopic (exact) mass is 1530 g/mol.